The van der Waals surface area contributed by atoms with Gasteiger partial charge in [-0.05, 0) is 46.5 Å². The monoisotopic (exact) mass is 397 g/mol. The van der Waals surface area contributed by atoms with Crippen LogP contribution in [-0.4, -0.2) is 11.8 Å². The van der Waals surface area contributed by atoms with Crippen molar-refractivity contribution in [2.75, 3.05) is 4.90 Å². The van der Waals surface area contributed by atoms with Gasteiger partial charge in [-0.3, -0.25) is 9.59 Å². The summed E-state index contributed by atoms with van der Waals surface area (Å²) in [6.45, 7) is 4.20. The van der Waals surface area contributed by atoms with E-state index >= 15 is 0 Å². The summed E-state index contributed by atoms with van der Waals surface area (Å²) >= 11 is 0. The van der Waals surface area contributed by atoms with Crippen LogP contribution in [0.4, 0.5) is 10.1 Å². The second kappa shape index (κ2) is 5.45. The van der Waals surface area contributed by atoms with Gasteiger partial charge in [0.2, 0.25) is 11.8 Å². The summed E-state index contributed by atoms with van der Waals surface area (Å²) in [5.41, 5.74) is 3.71. The number of halogens is 1. The standard InChI is InChI=1S/C26H20FNO2/c1-25-17-7-3-5-9-19(17)26(2,20-10-6-4-8-18(20)25)22-21(25)23(29)28(24(22)30)16-13-11-15(27)12-14-16/h3-14,21-22H,1-2H3/t21-,22-,25?,26?/m1/s1. The zero-order valence-electron chi connectivity index (χ0n) is 16.7. The van der Waals surface area contributed by atoms with E-state index in [1.807, 2.05) is 24.3 Å². The van der Waals surface area contributed by atoms with Gasteiger partial charge >= 0.3 is 0 Å². The lowest BCUT2D eigenvalue weighted by molar-refractivity contribution is -0.124. The minimum Gasteiger partial charge on any atom is -0.274 e. The largest absolute Gasteiger partial charge is 0.274 e. The molecule has 1 saturated heterocycles. The van der Waals surface area contributed by atoms with E-state index in [1.54, 1.807) is 0 Å². The normalized spacial score (nSPS) is 30.8. The molecule has 3 aromatic rings. The number of anilines is 1. The van der Waals surface area contributed by atoms with Crippen LogP contribution in [0.2, 0.25) is 0 Å². The van der Waals surface area contributed by atoms with E-state index < -0.39 is 28.5 Å². The number of nitrogens with zero attached hydrogens (tertiary/aromatic N) is 1. The fourth-order valence-corrected chi connectivity index (χ4v) is 6.42. The molecule has 30 heavy (non-hydrogen) atoms. The molecule has 4 heteroatoms. The Kier molecular flexibility index (Phi) is 3.19. The van der Waals surface area contributed by atoms with Crippen molar-refractivity contribution >= 4 is 17.5 Å². The Balaban J connectivity index is 1.66. The van der Waals surface area contributed by atoms with Crippen molar-refractivity contribution in [3.05, 3.63) is 101 Å². The van der Waals surface area contributed by atoms with Crippen LogP contribution in [0.5, 0.6) is 0 Å². The molecule has 0 N–H and O–H groups in total. The molecule has 0 spiro atoms. The second-order valence-corrected chi connectivity index (χ2v) is 8.94. The Morgan fingerprint density at radius 2 is 1.03 bits per heavy atom. The van der Waals surface area contributed by atoms with E-state index in [9.17, 15) is 14.0 Å². The number of rotatable bonds is 1. The third-order valence-electron chi connectivity index (χ3n) is 7.73. The minimum atomic E-state index is -0.600. The molecule has 1 fully saturated rings. The molecule has 2 bridgehead atoms. The topological polar surface area (TPSA) is 37.4 Å². The quantitative estimate of drug-likeness (QED) is 0.564. The van der Waals surface area contributed by atoms with Crippen LogP contribution in [0, 0.1) is 17.7 Å². The van der Waals surface area contributed by atoms with Crippen molar-refractivity contribution < 1.29 is 14.0 Å². The Morgan fingerprint density at radius 3 is 1.40 bits per heavy atom. The molecule has 0 radical (unpaired) electrons. The number of imide groups is 1. The van der Waals surface area contributed by atoms with Gasteiger partial charge in [-0.25, -0.2) is 9.29 Å². The first-order valence-electron chi connectivity index (χ1n) is 10.2. The molecule has 2 atom stereocenters. The molecule has 7 rings (SSSR count). The third kappa shape index (κ3) is 1.77. The van der Waals surface area contributed by atoms with Crippen molar-refractivity contribution in [3.63, 3.8) is 0 Å². The molecule has 148 valence electrons. The first-order valence-corrected chi connectivity index (χ1v) is 10.2. The van der Waals surface area contributed by atoms with Crippen LogP contribution >= 0.6 is 0 Å². The minimum absolute atomic E-state index is 0.200. The highest BCUT2D eigenvalue weighted by atomic mass is 19.1. The van der Waals surface area contributed by atoms with Gasteiger partial charge in [-0.2, -0.15) is 0 Å². The highest BCUT2D eigenvalue weighted by Crippen LogP contribution is 2.66. The van der Waals surface area contributed by atoms with Gasteiger partial charge in [0, 0.05) is 10.8 Å². The number of hydrogen-bond donors (Lipinski definition) is 0. The van der Waals surface area contributed by atoms with Gasteiger partial charge in [0.15, 0.2) is 0 Å². The molecule has 3 nitrogen and oxygen atoms in total. The third-order valence-corrected chi connectivity index (χ3v) is 7.73. The van der Waals surface area contributed by atoms with Crippen molar-refractivity contribution in [1.29, 1.82) is 0 Å². The van der Waals surface area contributed by atoms with Gasteiger partial charge in [-0.1, -0.05) is 62.4 Å². The fourth-order valence-electron chi connectivity index (χ4n) is 6.42. The number of carbonyl (C=O) groups is 2. The van der Waals surface area contributed by atoms with Crippen LogP contribution in [-0.2, 0) is 20.4 Å². The number of hydrogen-bond acceptors (Lipinski definition) is 2. The van der Waals surface area contributed by atoms with Crippen molar-refractivity contribution in [2.45, 2.75) is 24.7 Å². The average Bonchev–Trinajstić information content (AvgIpc) is 3.04. The Morgan fingerprint density at radius 1 is 0.667 bits per heavy atom. The molecule has 0 aromatic heterocycles. The summed E-state index contributed by atoms with van der Waals surface area (Å²) in [5.74, 6) is -1.78. The van der Waals surface area contributed by atoms with E-state index in [4.69, 9.17) is 0 Å². The average molecular weight is 397 g/mol. The summed E-state index contributed by atoms with van der Waals surface area (Å²) in [6, 6.07) is 22.0. The lowest BCUT2D eigenvalue weighted by Gasteiger charge is -2.57. The first kappa shape index (κ1) is 17.6. The molecule has 0 unspecified atom stereocenters. The van der Waals surface area contributed by atoms with Crippen LogP contribution in [0.1, 0.15) is 36.1 Å². The summed E-state index contributed by atoms with van der Waals surface area (Å²) in [5, 5.41) is 0. The summed E-state index contributed by atoms with van der Waals surface area (Å²) in [7, 11) is 0. The fraction of sp³-hybridized carbons (Fsp3) is 0.231. The molecular weight excluding hydrogens is 377 g/mol. The highest BCUT2D eigenvalue weighted by molar-refractivity contribution is 6.24. The van der Waals surface area contributed by atoms with Crippen LogP contribution in [0.25, 0.3) is 0 Å². The summed E-state index contributed by atoms with van der Waals surface area (Å²) in [6.07, 6.45) is 0. The zero-order chi connectivity index (χ0) is 20.8. The van der Waals surface area contributed by atoms with E-state index in [0.717, 1.165) is 22.3 Å². The van der Waals surface area contributed by atoms with E-state index in [1.165, 1.54) is 29.2 Å². The molecular formula is C26H20FNO2. The number of benzene rings is 3. The lowest BCUT2D eigenvalue weighted by atomic mass is 9.42. The van der Waals surface area contributed by atoms with E-state index in [0.29, 0.717) is 5.69 Å². The van der Waals surface area contributed by atoms with E-state index in [2.05, 4.69) is 38.1 Å². The smallest absolute Gasteiger partial charge is 0.238 e. The van der Waals surface area contributed by atoms with Gasteiger partial charge in [0.25, 0.3) is 0 Å². The molecule has 2 amide bonds. The molecule has 4 aliphatic rings. The molecule has 3 aromatic carbocycles. The maximum absolute atomic E-state index is 13.8. The molecule has 3 aliphatic carbocycles. The lowest BCUT2D eigenvalue weighted by Crippen LogP contribution is -2.59. The van der Waals surface area contributed by atoms with Crippen LogP contribution in [0.3, 0.4) is 0 Å². The number of carbonyl (C=O) groups excluding carboxylic acids is 2. The van der Waals surface area contributed by atoms with Crippen molar-refractivity contribution in [3.8, 4) is 0 Å². The van der Waals surface area contributed by atoms with Gasteiger partial charge in [0.1, 0.15) is 5.82 Å². The van der Waals surface area contributed by atoms with E-state index in [-0.39, 0.29) is 11.8 Å². The second-order valence-electron chi connectivity index (χ2n) is 8.94. The summed E-state index contributed by atoms with van der Waals surface area (Å²) < 4.78 is 13.5. The predicted molar refractivity (Wildman–Crippen MR) is 112 cm³/mol. The maximum atomic E-state index is 13.8. The Labute approximate surface area is 174 Å². The SMILES string of the molecule is CC12c3ccccc3C(C)(c3ccccc31)[C@H]1C(=O)N(c3ccc(F)cc3)C(=O)[C@@H]12. The van der Waals surface area contributed by atoms with Crippen molar-refractivity contribution in [2.24, 2.45) is 11.8 Å². The van der Waals surface area contributed by atoms with Crippen molar-refractivity contribution in [1.82, 2.24) is 0 Å². The highest BCUT2D eigenvalue weighted by Gasteiger charge is 2.70. The zero-order valence-corrected chi connectivity index (χ0v) is 16.7. The number of amides is 2. The predicted octanol–water partition coefficient (Wildman–Crippen LogP) is 4.57. The maximum Gasteiger partial charge on any atom is 0.238 e. The van der Waals surface area contributed by atoms with Gasteiger partial charge < -0.3 is 0 Å². The molecule has 0 saturated carbocycles. The molecule has 1 aliphatic heterocycles. The van der Waals surface area contributed by atoms with Crippen LogP contribution < -0.4 is 4.90 Å². The van der Waals surface area contributed by atoms with Gasteiger partial charge in [0.05, 0.1) is 17.5 Å². The van der Waals surface area contributed by atoms with Gasteiger partial charge in [-0.15, -0.1) is 0 Å². The first-order chi connectivity index (χ1) is 14.4. The Bertz CT molecular complexity index is 1120. The Hall–Kier alpha value is -3.27. The summed E-state index contributed by atoms with van der Waals surface area (Å²) in [4.78, 5) is 28.9. The molecule has 1 heterocycles. The van der Waals surface area contributed by atoms with Crippen LogP contribution in [0.15, 0.2) is 72.8 Å².